The Balaban J connectivity index is 2.00. The summed E-state index contributed by atoms with van der Waals surface area (Å²) in [6, 6.07) is 12.5. The Kier molecular flexibility index (Phi) is 5.42. The second-order valence-electron chi connectivity index (χ2n) is 4.69. The van der Waals surface area contributed by atoms with Gasteiger partial charge in [0.05, 0.1) is 10.9 Å². The Morgan fingerprint density at radius 3 is 2.52 bits per heavy atom. The maximum Gasteiger partial charge on any atom is 0.237 e. The van der Waals surface area contributed by atoms with Crippen LogP contribution in [0.25, 0.3) is 0 Å². The minimum atomic E-state index is -0.453. The molecule has 2 aromatic rings. The molecule has 5 heteroatoms. The molecule has 0 bridgehead atoms. The molecule has 0 aromatic heterocycles. The maximum absolute atomic E-state index is 13.7. The summed E-state index contributed by atoms with van der Waals surface area (Å²) < 4.78 is 14.3. The number of thioether (sulfide) groups is 1. The normalized spacial score (nSPS) is 12.0. The molecule has 0 saturated heterocycles. The first-order chi connectivity index (χ1) is 9.95. The fraction of sp³-hybridized carbons (Fsp3) is 0.188. The minimum Gasteiger partial charge on any atom is -0.323 e. The molecule has 0 unspecified atom stereocenters. The number of amides is 1. The van der Waals surface area contributed by atoms with Gasteiger partial charge >= 0.3 is 0 Å². The van der Waals surface area contributed by atoms with Gasteiger partial charge in [0.25, 0.3) is 0 Å². The van der Waals surface area contributed by atoms with Gasteiger partial charge in [0, 0.05) is 9.37 Å². The van der Waals surface area contributed by atoms with E-state index in [1.807, 2.05) is 31.2 Å². The number of rotatable bonds is 4. The van der Waals surface area contributed by atoms with Gasteiger partial charge in [0.1, 0.15) is 5.82 Å². The summed E-state index contributed by atoms with van der Waals surface area (Å²) in [6.45, 7) is 3.82. The van der Waals surface area contributed by atoms with Crippen molar-refractivity contribution in [2.75, 3.05) is 5.32 Å². The number of benzene rings is 2. The molecule has 2 rings (SSSR count). The zero-order valence-electron chi connectivity index (χ0n) is 11.7. The monoisotopic (exact) mass is 367 g/mol. The maximum atomic E-state index is 13.7. The first-order valence-corrected chi connectivity index (χ1v) is 8.12. The molecule has 0 saturated carbocycles. The number of aryl methyl sites for hydroxylation is 1. The number of halogens is 2. The van der Waals surface area contributed by atoms with Crippen LogP contribution in [-0.4, -0.2) is 11.2 Å². The Labute approximate surface area is 136 Å². The van der Waals surface area contributed by atoms with Crippen LogP contribution in [0.1, 0.15) is 12.5 Å². The SMILES string of the molecule is Cc1ccc(S[C@@H](C)C(=O)Nc2ccc(Br)cc2F)cc1. The summed E-state index contributed by atoms with van der Waals surface area (Å²) in [4.78, 5) is 13.1. The highest BCUT2D eigenvalue weighted by Gasteiger charge is 2.16. The van der Waals surface area contributed by atoms with Crippen molar-refractivity contribution in [2.45, 2.75) is 24.0 Å². The molecule has 0 aliphatic rings. The predicted molar refractivity (Wildman–Crippen MR) is 89.2 cm³/mol. The van der Waals surface area contributed by atoms with Crippen molar-refractivity contribution < 1.29 is 9.18 Å². The minimum absolute atomic E-state index is 0.194. The summed E-state index contributed by atoms with van der Waals surface area (Å²) >= 11 is 4.63. The van der Waals surface area contributed by atoms with Crippen molar-refractivity contribution in [3.05, 3.63) is 58.3 Å². The van der Waals surface area contributed by atoms with Crippen molar-refractivity contribution in [2.24, 2.45) is 0 Å². The highest BCUT2D eigenvalue weighted by atomic mass is 79.9. The van der Waals surface area contributed by atoms with Crippen molar-refractivity contribution >= 4 is 39.3 Å². The smallest absolute Gasteiger partial charge is 0.237 e. The van der Waals surface area contributed by atoms with E-state index < -0.39 is 5.82 Å². The standard InChI is InChI=1S/C16H15BrFNOS/c1-10-3-6-13(7-4-10)21-11(2)16(20)19-15-8-5-12(17)9-14(15)18/h3-9,11H,1-2H3,(H,19,20)/t11-/m0/s1. The van der Waals surface area contributed by atoms with Gasteiger partial charge in [-0.1, -0.05) is 33.6 Å². The topological polar surface area (TPSA) is 29.1 Å². The van der Waals surface area contributed by atoms with Crippen molar-refractivity contribution in [3.8, 4) is 0 Å². The largest absolute Gasteiger partial charge is 0.323 e. The molecule has 0 aliphatic heterocycles. The molecule has 1 atom stereocenters. The predicted octanol–water partition coefficient (Wildman–Crippen LogP) is 5.02. The Morgan fingerprint density at radius 1 is 1.24 bits per heavy atom. The van der Waals surface area contributed by atoms with Crippen LogP contribution in [-0.2, 0) is 4.79 Å². The molecule has 1 N–H and O–H groups in total. The lowest BCUT2D eigenvalue weighted by atomic mass is 10.2. The van der Waals surface area contributed by atoms with Gasteiger partial charge in [-0.2, -0.15) is 0 Å². The molecule has 2 aromatic carbocycles. The van der Waals surface area contributed by atoms with E-state index in [1.54, 1.807) is 19.1 Å². The summed E-state index contributed by atoms with van der Waals surface area (Å²) in [5, 5.41) is 2.30. The van der Waals surface area contributed by atoms with E-state index in [0.29, 0.717) is 4.47 Å². The van der Waals surface area contributed by atoms with Crippen LogP contribution in [0, 0.1) is 12.7 Å². The third-order valence-electron chi connectivity index (χ3n) is 2.89. The van der Waals surface area contributed by atoms with E-state index in [2.05, 4.69) is 21.2 Å². The number of anilines is 1. The van der Waals surface area contributed by atoms with Crippen LogP contribution in [0.2, 0.25) is 0 Å². The molecule has 1 amide bonds. The lowest BCUT2D eigenvalue weighted by molar-refractivity contribution is -0.115. The van der Waals surface area contributed by atoms with Crippen LogP contribution >= 0.6 is 27.7 Å². The Morgan fingerprint density at radius 2 is 1.90 bits per heavy atom. The quantitative estimate of drug-likeness (QED) is 0.769. The van der Waals surface area contributed by atoms with E-state index in [0.717, 1.165) is 4.90 Å². The van der Waals surface area contributed by atoms with E-state index in [4.69, 9.17) is 0 Å². The first kappa shape index (κ1) is 16.0. The average molecular weight is 368 g/mol. The molecule has 2 nitrogen and oxygen atoms in total. The molecule has 110 valence electrons. The average Bonchev–Trinajstić information content (AvgIpc) is 2.44. The fourth-order valence-electron chi connectivity index (χ4n) is 1.70. The molecule has 21 heavy (non-hydrogen) atoms. The Bertz CT molecular complexity index is 645. The zero-order valence-corrected chi connectivity index (χ0v) is 14.1. The van der Waals surface area contributed by atoms with Crippen molar-refractivity contribution in [1.82, 2.24) is 0 Å². The van der Waals surface area contributed by atoms with E-state index >= 15 is 0 Å². The van der Waals surface area contributed by atoms with E-state index in [9.17, 15) is 9.18 Å². The van der Waals surface area contributed by atoms with Gasteiger partial charge in [-0.3, -0.25) is 4.79 Å². The molecular formula is C16H15BrFNOS. The van der Waals surface area contributed by atoms with Crippen LogP contribution in [0.4, 0.5) is 10.1 Å². The molecule has 0 radical (unpaired) electrons. The lowest BCUT2D eigenvalue weighted by Crippen LogP contribution is -2.22. The van der Waals surface area contributed by atoms with Crippen molar-refractivity contribution in [1.29, 1.82) is 0 Å². The summed E-state index contributed by atoms with van der Waals surface area (Å²) in [7, 11) is 0. The third-order valence-corrected chi connectivity index (χ3v) is 4.50. The fourth-order valence-corrected chi connectivity index (χ4v) is 2.90. The molecule has 0 aliphatic carbocycles. The van der Waals surface area contributed by atoms with Gasteiger partial charge in [-0.25, -0.2) is 4.39 Å². The van der Waals surface area contributed by atoms with Gasteiger partial charge < -0.3 is 5.32 Å². The number of carbonyl (C=O) groups is 1. The molecule has 0 fully saturated rings. The van der Waals surface area contributed by atoms with Gasteiger partial charge in [0.2, 0.25) is 5.91 Å². The number of hydrogen-bond donors (Lipinski definition) is 1. The number of hydrogen-bond acceptors (Lipinski definition) is 2. The second-order valence-corrected chi connectivity index (χ2v) is 7.02. The highest BCUT2D eigenvalue weighted by Crippen LogP contribution is 2.25. The highest BCUT2D eigenvalue weighted by molar-refractivity contribution is 9.10. The second kappa shape index (κ2) is 7.09. The van der Waals surface area contributed by atoms with Crippen LogP contribution in [0.3, 0.4) is 0 Å². The van der Waals surface area contributed by atoms with Crippen molar-refractivity contribution in [3.63, 3.8) is 0 Å². The van der Waals surface area contributed by atoms with E-state index in [1.165, 1.54) is 23.4 Å². The van der Waals surface area contributed by atoms with Gasteiger partial charge in [0.15, 0.2) is 0 Å². The summed E-state index contributed by atoms with van der Waals surface area (Å²) in [5.74, 6) is -0.674. The summed E-state index contributed by atoms with van der Waals surface area (Å²) in [6.07, 6.45) is 0. The summed E-state index contributed by atoms with van der Waals surface area (Å²) in [5.41, 5.74) is 1.37. The van der Waals surface area contributed by atoms with Gasteiger partial charge in [-0.05, 0) is 44.2 Å². The molecular weight excluding hydrogens is 353 g/mol. The number of nitrogens with one attached hydrogen (secondary N) is 1. The third kappa shape index (κ3) is 4.58. The van der Waals surface area contributed by atoms with Crippen LogP contribution < -0.4 is 5.32 Å². The van der Waals surface area contributed by atoms with Gasteiger partial charge in [-0.15, -0.1) is 11.8 Å². The lowest BCUT2D eigenvalue weighted by Gasteiger charge is -2.12. The first-order valence-electron chi connectivity index (χ1n) is 6.45. The molecule has 0 spiro atoms. The zero-order chi connectivity index (χ0) is 15.4. The van der Waals surface area contributed by atoms with Crippen LogP contribution in [0.15, 0.2) is 51.8 Å². The van der Waals surface area contributed by atoms with E-state index in [-0.39, 0.29) is 16.8 Å². The number of carbonyl (C=O) groups excluding carboxylic acids is 1. The molecule has 0 heterocycles. The van der Waals surface area contributed by atoms with Crippen LogP contribution in [0.5, 0.6) is 0 Å². The Hall–Kier alpha value is -1.33.